The molecule has 3 rings (SSSR count). The first-order valence-electron chi connectivity index (χ1n) is 9.61. The summed E-state index contributed by atoms with van der Waals surface area (Å²) in [6.07, 6.45) is 5.11. The molecule has 2 aromatic rings. The standard InChI is InChI=1S/C21H25ClN2O4S/c1-27-16-9-8-13(10-17(16)28-2)12-23-20(26)15-11-18(22)29-21(15)24-19(25)14-6-4-3-5-7-14/h8-11,14H,3-7,12H2,1-2H3,(H,23,26)(H,24,25). The third-order valence-electron chi connectivity index (χ3n) is 5.06. The van der Waals surface area contributed by atoms with Crippen LogP contribution in [0.15, 0.2) is 24.3 Å². The lowest BCUT2D eigenvalue weighted by atomic mass is 9.89. The maximum atomic E-state index is 12.7. The number of benzene rings is 1. The molecule has 1 aromatic carbocycles. The van der Waals surface area contributed by atoms with Gasteiger partial charge in [0.25, 0.3) is 5.91 Å². The summed E-state index contributed by atoms with van der Waals surface area (Å²) in [6.45, 7) is 0.308. The van der Waals surface area contributed by atoms with Crippen molar-refractivity contribution in [2.24, 2.45) is 5.92 Å². The topological polar surface area (TPSA) is 76.7 Å². The molecular weight excluding hydrogens is 412 g/mol. The van der Waals surface area contributed by atoms with Gasteiger partial charge >= 0.3 is 0 Å². The lowest BCUT2D eigenvalue weighted by Gasteiger charge is -2.20. The van der Waals surface area contributed by atoms with Crippen LogP contribution in [0.5, 0.6) is 11.5 Å². The summed E-state index contributed by atoms with van der Waals surface area (Å²) < 4.78 is 11.0. The van der Waals surface area contributed by atoms with E-state index >= 15 is 0 Å². The molecule has 156 valence electrons. The van der Waals surface area contributed by atoms with Crippen LogP contribution >= 0.6 is 22.9 Å². The molecule has 0 unspecified atom stereocenters. The number of hydrogen-bond donors (Lipinski definition) is 2. The smallest absolute Gasteiger partial charge is 0.254 e. The van der Waals surface area contributed by atoms with Gasteiger partial charge < -0.3 is 20.1 Å². The van der Waals surface area contributed by atoms with Crippen molar-refractivity contribution in [1.82, 2.24) is 5.32 Å². The van der Waals surface area contributed by atoms with Crippen LogP contribution in [0, 0.1) is 5.92 Å². The van der Waals surface area contributed by atoms with Crippen LogP contribution < -0.4 is 20.1 Å². The Balaban J connectivity index is 1.66. The molecule has 1 heterocycles. The number of halogens is 1. The van der Waals surface area contributed by atoms with Gasteiger partial charge in [0.2, 0.25) is 5.91 Å². The fraction of sp³-hybridized carbons (Fsp3) is 0.429. The number of nitrogens with one attached hydrogen (secondary N) is 2. The van der Waals surface area contributed by atoms with Crippen molar-refractivity contribution >= 4 is 39.8 Å². The van der Waals surface area contributed by atoms with Crippen LogP contribution in [0.1, 0.15) is 48.0 Å². The molecule has 1 saturated carbocycles. The van der Waals surface area contributed by atoms with E-state index in [1.807, 2.05) is 12.1 Å². The Hall–Kier alpha value is -2.25. The van der Waals surface area contributed by atoms with Crippen molar-refractivity contribution in [1.29, 1.82) is 0 Å². The Kier molecular flexibility index (Phi) is 7.39. The molecule has 0 atom stereocenters. The van der Waals surface area contributed by atoms with Gasteiger partial charge in [-0.1, -0.05) is 36.9 Å². The Morgan fingerprint density at radius 2 is 1.83 bits per heavy atom. The lowest BCUT2D eigenvalue weighted by molar-refractivity contribution is -0.120. The summed E-state index contributed by atoms with van der Waals surface area (Å²) >= 11 is 7.33. The molecule has 1 aliphatic rings. The SMILES string of the molecule is COc1ccc(CNC(=O)c2cc(Cl)sc2NC(=O)C2CCCCC2)cc1OC. The Bertz CT molecular complexity index is 878. The van der Waals surface area contributed by atoms with Gasteiger partial charge in [-0.15, -0.1) is 11.3 Å². The summed E-state index contributed by atoms with van der Waals surface area (Å²) in [5, 5.41) is 6.28. The van der Waals surface area contributed by atoms with E-state index in [2.05, 4.69) is 10.6 Å². The maximum Gasteiger partial charge on any atom is 0.254 e. The molecule has 29 heavy (non-hydrogen) atoms. The summed E-state index contributed by atoms with van der Waals surface area (Å²) in [5.41, 5.74) is 1.25. The van der Waals surface area contributed by atoms with Gasteiger partial charge in [0.1, 0.15) is 5.00 Å². The maximum absolute atomic E-state index is 12.7. The molecule has 1 fully saturated rings. The zero-order valence-electron chi connectivity index (χ0n) is 16.5. The van der Waals surface area contributed by atoms with Crippen molar-refractivity contribution in [3.63, 3.8) is 0 Å². The summed E-state index contributed by atoms with van der Waals surface area (Å²) in [5.74, 6) is 0.907. The zero-order chi connectivity index (χ0) is 20.8. The molecule has 0 aliphatic heterocycles. The van der Waals surface area contributed by atoms with Crippen molar-refractivity contribution < 1.29 is 19.1 Å². The number of hydrogen-bond acceptors (Lipinski definition) is 5. The number of rotatable bonds is 7. The van der Waals surface area contributed by atoms with Gasteiger partial charge in [0.05, 0.1) is 24.1 Å². The summed E-state index contributed by atoms with van der Waals surface area (Å²) in [4.78, 5) is 25.3. The molecular formula is C21H25ClN2O4S. The van der Waals surface area contributed by atoms with Gasteiger partial charge in [-0.05, 0) is 36.6 Å². The molecule has 2 N–H and O–H groups in total. The van der Waals surface area contributed by atoms with Crippen molar-refractivity contribution in [3.05, 3.63) is 39.7 Å². The average molecular weight is 437 g/mol. The Labute approximate surface area is 179 Å². The van der Waals surface area contributed by atoms with E-state index in [0.29, 0.717) is 32.9 Å². The van der Waals surface area contributed by atoms with Crippen LogP contribution in [0.4, 0.5) is 5.00 Å². The highest BCUT2D eigenvalue weighted by atomic mass is 35.5. The fourth-order valence-corrected chi connectivity index (χ4v) is 4.59. The number of carbonyl (C=O) groups excluding carboxylic acids is 2. The Morgan fingerprint density at radius 3 is 2.52 bits per heavy atom. The van der Waals surface area contributed by atoms with E-state index in [1.54, 1.807) is 26.4 Å². The predicted octanol–water partition coefficient (Wildman–Crippen LogP) is 4.87. The minimum atomic E-state index is -0.290. The highest BCUT2D eigenvalue weighted by Gasteiger charge is 2.24. The van der Waals surface area contributed by atoms with Gasteiger partial charge in [-0.2, -0.15) is 0 Å². The van der Waals surface area contributed by atoms with E-state index in [1.165, 1.54) is 17.8 Å². The third kappa shape index (κ3) is 5.42. The third-order valence-corrected chi connectivity index (χ3v) is 6.24. The second kappa shape index (κ2) is 9.98. The second-order valence-electron chi connectivity index (χ2n) is 6.99. The van der Waals surface area contributed by atoms with Crippen LogP contribution in [0.3, 0.4) is 0 Å². The molecule has 0 bridgehead atoms. The number of thiophene rings is 1. The molecule has 0 radical (unpaired) electrons. The predicted molar refractivity (Wildman–Crippen MR) is 115 cm³/mol. The molecule has 6 nitrogen and oxygen atoms in total. The van der Waals surface area contributed by atoms with E-state index in [9.17, 15) is 9.59 Å². The lowest BCUT2D eigenvalue weighted by Crippen LogP contribution is -2.27. The molecule has 2 amide bonds. The number of amides is 2. The van der Waals surface area contributed by atoms with Gasteiger partial charge in [-0.3, -0.25) is 9.59 Å². The quantitative estimate of drug-likeness (QED) is 0.649. The van der Waals surface area contributed by atoms with Crippen LogP contribution in [-0.2, 0) is 11.3 Å². The fourth-order valence-electron chi connectivity index (χ4n) is 3.47. The monoisotopic (exact) mass is 436 g/mol. The highest BCUT2D eigenvalue weighted by Crippen LogP contribution is 2.33. The van der Waals surface area contributed by atoms with E-state index in [0.717, 1.165) is 31.2 Å². The number of anilines is 1. The number of ether oxygens (including phenoxy) is 2. The molecule has 1 aliphatic carbocycles. The molecule has 0 spiro atoms. The first kappa shape index (κ1) is 21.5. The van der Waals surface area contributed by atoms with Crippen LogP contribution in [0.2, 0.25) is 4.34 Å². The van der Waals surface area contributed by atoms with Crippen LogP contribution in [0.25, 0.3) is 0 Å². The average Bonchev–Trinajstić information content (AvgIpc) is 3.12. The minimum absolute atomic E-state index is 0.00676. The summed E-state index contributed by atoms with van der Waals surface area (Å²) in [7, 11) is 3.14. The number of carbonyl (C=O) groups is 2. The minimum Gasteiger partial charge on any atom is -0.493 e. The second-order valence-corrected chi connectivity index (χ2v) is 8.67. The van der Waals surface area contributed by atoms with Crippen molar-refractivity contribution in [2.75, 3.05) is 19.5 Å². The van der Waals surface area contributed by atoms with Gasteiger partial charge in [0.15, 0.2) is 11.5 Å². The van der Waals surface area contributed by atoms with Gasteiger partial charge in [-0.25, -0.2) is 0 Å². The van der Waals surface area contributed by atoms with Crippen LogP contribution in [-0.4, -0.2) is 26.0 Å². The largest absolute Gasteiger partial charge is 0.493 e. The van der Waals surface area contributed by atoms with Crippen molar-refractivity contribution in [2.45, 2.75) is 38.6 Å². The zero-order valence-corrected chi connectivity index (χ0v) is 18.1. The first-order chi connectivity index (χ1) is 14.0. The molecule has 0 saturated heterocycles. The summed E-state index contributed by atoms with van der Waals surface area (Å²) in [6, 6.07) is 7.05. The van der Waals surface area contributed by atoms with Gasteiger partial charge in [0, 0.05) is 12.5 Å². The highest BCUT2D eigenvalue weighted by molar-refractivity contribution is 7.20. The molecule has 1 aromatic heterocycles. The number of methoxy groups -OCH3 is 2. The Morgan fingerprint density at radius 1 is 1.10 bits per heavy atom. The van der Waals surface area contributed by atoms with E-state index in [4.69, 9.17) is 21.1 Å². The first-order valence-corrected chi connectivity index (χ1v) is 10.8. The normalized spacial score (nSPS) is 14.3. The van der Waals surface area contributed by atoms with E-state index in [-0.39, 0.29) is 17.7 Å². The van der Waals surface area contributed by atoms with E-state index < -0.39 is 0 Å². The molecule has 8 heteroatoms. The van der Waals surface area contributed by atoms with Crippen molar-refractivity contribution in [3.8, 4) is 11.5 Å².